The third kappa shape index (κ3) is 1.40. The van der Waals surface area contributed by atoms with Gasteiger partial charge in [-0.1, -0.05) is 6.08 Å². The molecule has 0 bridgehead atoms. The van der Waals surface area contributed by atoms with Gasteiger partial charge < -0.3 is 12.6 Å². The molecule has 0 N–H and O–H groups in total. The van der Waals surface area contributed by atoms with Crippen molar-refractivity contribution in [1.82, 2.24) is 9.78 Å². The average molecular weight is 169 g/mol. The predicted molar refractivity (Wildman–Crippen MR) is 44.7 cm³/mol. The molecular formula is C7H11N3S. The average Bonchev–Trinajstić information content (AvgIpc) is 2.17. The molecular weight excluding hydrogens is 158 g/mol. The van der Waals surface area contributed by atoms with Crippen molar-refractivity contribution in [3.05, 3.63) is 11.9 Å². The van der Waals surface area contributed by atoms with Gasteiger partial charge in [0.25, 0.3) is 5.82 Å². The zero-order chi connectivity index (χ0) is 8.43. The minimum Gasteiger partial charge on any atom is -0.703 e. The van der Waals surface area contributed by atoms with E-state index in [2.05, 4.69) is 5.10 Å². The summed E-state index contributed by atoms with van der Waals surface area (Å²) in [5, 5.41) is 4.68. The molecule has 3 nitrogen and oxygen atoms in total. The maximum absolute atomic E-state index is 4.97. The number of hydrogen-bond acceptors (Lipinski definition) is 2. The van der Waals surface area contributed by atoms with E-state index in [9.17, 15) is 0 Å². The smallest absolute Gasteiger partial charge is 0.258 e. The molecule has 1 heterocycles. The van der Waals surface area contributed by atoms with E-state index in [1.165, 1.54) is 0 Å². The van der Waals surface area contributed by atoms with Crippen LogP contribution in [0.4, 0.5) is 0 Å². The zero-order valence-electron chi connectivity index (χ0n) is 6.90. The Hall–Kier alpha value is -0.900. The fourth-order valence-corrected chi connectivity index (χ4v) is 1.15. The number of rotatable bonds is 1. The van der Waals surface area contributed by atoms with E-state index in [1.807, 2.05) is 37.7 Å². The summed E-state index contributed by atoms with van der Waals surface area (Å²) in [6.07, 6.45) is 3.94. The van der Waals surface area contributed by atoms with Gasteiger partial charge in [0.1, 0.15) is 0 Å². The minimum atomic E-state index is 0.612. The predicted octanol–water partition coefficient (Wildman–Crippen LogP) is 0.183. The Morgan fingerprint density at radius 1 is 1.64 bits per heavy atom. The molecule has 0 saturated carbocycles. The van der Waals surface area contributed by atoms with Gasteiger partial charge in [-0.25, -0.2) is 0 Å². The maximum atomic E-state index is 4.97. The molecule has 0 radical (unpaired) electrons. The SMILES string of the molecule is C/C=C/c1n(C)nc([S-])[n+]1C. The molecule has 4 heteroatoms. The van der Waals surface area contributed by atoms with Crippen LogP contribution in [0.15, 0.2) is 11.2 Å². The fourth-order valence-electron chi connectivity index (χ4n) is 0.930. The molecule has 0 aliphatic rings. The molecule has 0 spiro atoms. The van der Waals surface area contributed by atoms with E-state index in [0.717, 1.165) is 5.82 Å². The molecule has 0 aliphatic carbocycles. The molecule has 0 saturated heterocycles. The van der Waals surface area contributed by atoms with Crippen LogP contribution < -0.4 is 4.57 Å². The number of aryl methyl sites for hydroxylation is 1. The Morgan fingerprint density at radius 2 is 2.27 bits per heavy atom. The number of allylic oxidation sites excluding steroid dienone is 1. The van der Waals surface area contributed by atoms with E-state index < -0.39 is 0 Å². The first-order valence-corrected chi connectivity index (χ1v) is 3.80. The summed E-state index contributed by atoms with van der Waals surface area (Å²) in [4.78, 5) is 0. The molecule has 1 rings (SSSR count). The van der Waals surface area contributed by atoms with Gasteiger partial charge in [-0.3, -0.25) is 4.57 Å². The minimum absolute atomic E-state index is 0.612. The van der Waals surface area contributed by atoms with E-state index in [1.54, 1.807) is 4.68 Å². The van der Waals surface area contributed by atoms with Crippen molar-refractivity contribution >= 4 is 18.7 Å². The molecule has 11 heavy (non-hydrogen) atoms. The first-order valence-electron chi connectivity index (χ1n) is 3.39. The molecule has 0 atom stereocenters. The van der Waals surface area contributed by atoms with Crippen molar-refractivity contribution in [1.29, 1.82) is 0 Å². The van der Waals surface area contributed by atoms with E-state index >= 15 is 0 Å². The lowest BCUT2D eigenvalue weighted by Gasteiger charge is -1.93. The lowest BCUT2D eigenvalue weighted by atomic mass is 10.5. The Balaban J connectivity index is 3.22. The van der Waals surface area contributed by atoms with Crippen LogP contribution in [0.1, 0.15) is 12.7 Å². The van der Waals surface area contributed by atoms with Crippen LogP contribution in [0, 0.1) is 0 Å². The monoisotopic (exact) mass is 169 g/mol. The van der Waals surface area contributed by atoms with Gasteiger partial charge in [-0.2, -0.15) is 0 Å². The van der Waals surface area contributed by atoms with Gasteiger partial charge in [0.2, 0.25) is 0 Å². The van der Waals surface area contributed by atoms with Crippen molar-refractivity contribution < 1.29 is 4.57 Å². The zero-order valence-corrected chi connectivity index (χ0v) is 7.72. The summed E-state index contributed by atoms with van der Waals surface area (Å²) in [5.74, 6) is 1.01. The van der Waals surface area contributed by atoms with Crippen molar-refractivity contribution in [2.45, 2.75) is 12.1 Å². The van der Waals surface area contributed by atoms with Crippen LogP contribution in [-0.2, 0) is 26.7 Å². The lowest BCUT2D eigenvalue weighted by molar-refractivity contribution is -0.711. The molecule has 0 fully saturated rings. The van der Waals surface area contributed by atoms with Gasteiger partial charge in [-0.15, -0.1) is 4.68 Å². The van der Waals surface area contributed by atoms with Crippen LogP contribution in [-0.4, -0.2) is 9.78 Å². The Bertz CT molecular complexity index is 288. The quantitative estimate of drug-likeness (QED) is 0.442. The van der Waals surface area contributed by atoms with Gasteiger partial charge in [0.15, 0.2) is 5.16 Å². The van der Waals surface area contributed by atoms with Crippen LogP contribution >= 0.6 is 0 Å². The summed E-state index contributed by atoms with van der Waals surface area (Å²) in [6.45, 7) is 1.97. The second-order valence-electron chi connectivity index (χ2n) is 2.32. The molecule has 60 valence electrons. The Kier molecular flexibility index (Phi) is 2.24. The van der Waals surface area contributed by atoms with Gasteiger partial charge >= 0.3 is 0 Å². The van der Waals surface area contributed by atoms with Crippen molar-refractivity contribution in [3.63, 3.8) is 0 Å². The number of nitrogens with zero attached hydrogens (tertiary/aromatic N) is 3. The highest BCUT2D eigenvalue weighted by molar-refractivity contribution is 7.58. The molecule has 1 aromatic heterocycles. The lowest BCUT2D eigenvalue weighted by Crippen LogP contribution is -2.32. The van der Waals surface area contributed by atoms with Gasteiger partial charge in [-0.05, 0) is 6.92 Å². The highest BCUT2D eigenvalue weighted by Crippen LogP contribution is 1.94. The summed E-state index contributed by atoms with van der Waals surface area (Å²) >= 11 is 4.97. The second-order valence-corrected chi connectivity index (χ2v) is 2.69. The summed E-state index contributed by atoms with van der Waals surface area (Å²) in [5.41, 5.74) is 0. The van der Waals surface area contributed by atoms with E-state index in [0.29, 0.717) is 5.16 Å². The largest absolute Gasteiger partial charge is 0.703 e. The highest BCUT2D eigenvalue weighted by Gasteiger charge is 2.08. The molecule has 1 aromatic rings. The summed E-state index contributed by atoms with van der Waals surface area (Å²) < 4.78 is 3.64. The van der Waals surface area contributed by atoms with Crippen LogP contribution in [0.5, 0.6) is 0 Å². The number of aromatic nitrogens is 3. The first-order chi connectivity index (χ1) is 5.16. The van der Waals surface area contributed by atoms with Crippen LogP contribution in [0.2, 0.25) is 0 Å². The fraction of sp³-hybridized carbons (Fsp3) is 0.429. The Morgan fingerprint density at radius 3 is 2.64 bits per heavy atom. The van der Waals surface area contributed by atoms with Crippen molar-refractivity contribution in [2.24, 2.45) is 14.1 Å². The van der Waals surface area contributed by atoms with Gasteiger partial charge in [0.05, 0.1) is 14.1 Å². The van der Waals surface area contributed by atoms with Crippen LogP contribution in [0.25, 0.3) is 6.08 Å². The standard InChI is InChI=1S/C7H11N3S/c1-4-5-6-9(2)7(11)8-10(6)3/h4-5H,1-3H3/b5-4+. The molecule has 0 unspecified atom stereocenters. The van der Waals surface area contributed by atoms with E-state index in [4.69, 9.17) is 12.6 Å². The van der Waals surface area contributed by atoms with E-state index in [-0.39, 0.29) is 0 Å². The third-order valence-corrected chi connectivity index (χ3v) is 1.87. The summed E-state index contributed by atoms with van der Waals surface area (Å²) in [6, 6.07) is 0. The van der Waals surface area contributed by atoms with Crippen molar-refractivity contribution in [3.8, 4) is 0 Å². The maximum Gasteiger partial charge on any atom is 0.258 e. The second kappa shape index (κ2) is 3.00. The topological polar surface area (TPSA) is 21.7 Å². The van der Waals surface area contributed by atoms with Crippen molar-refractivity contribution in [2.75, 3.05) is 0 Å². The van der Waals surface area contributed by atoms with Crippen LogP contribution in [0.3, 0.4) is 0 Å². The summed E-state index contributed by atoms with van der Waals surface area (Å²) in [7, 11) is 3.79. The molecule has 0 amide bonds. The Labute approximate surface area is 71.8 Å². The van der Waals surface area contributed by atoms with Gasteiger partial charge in [0, 0.05) is 11.2 Å². The first kappa shape index (κ1) is 8.20. The normalized spacial score (nSPS) is 11.2. The molecule has 0 aliphatic heterocycles. The molecule has 0 aromatic carbocycles. The third-order valence-electron chi connectivity index (χ3n) is 1.51. The number of hydrogen-bond donors (Lipinski definition) is 0. The highest BCUT2D eigenvalue weighted by atomic mass is 32.1.